The zero-order chi connectivity index (χ0) is 20.2. The summed E-state index contributed by atoms with van der Waals surface area (Å²) in [5.74, 6) is 1.46. The zero-order valence-electron chi connectivity index (χ0n) is 16.5. The lowest BCUT2D eigenvalue weighted by Gasteiger charge is -2.08. The molecule has 0 unspecified atom stereocenters. The van der Waals surface area contributed by atoms with E-state index >= 15 is 0 Å². The number of nitrogens with one attached hydrogen (secondary N) is 1. The van der Waals surface area contributed by atoms with E-state index in [1.807, 2.05) is 36.5 Å². The van der Waals surface area contributed by atoms with Gasteiger partial charge in [-0.3, -0.25) is 0 Å². The van der Waals surface area contributed by atoms with Crippen LogP contribution in [-0.4, -0.2) is 34.2 Å². The van der Waals surface area contributed by atoms with Gasteiger partial charge in [0.05, 0.1) is 19.3 Å². The molecule has 0 radical (unpaired) electrons. The van der Waals surface area contributed by atoms with Crippen LogP contribution in [0.1, 0.15) is 34.2 Å². The Morgan fingerprint density at radius 1 is 1.17 bits per heavy atom. The number of imidazole rings is 1. The van der Waals surface area contributed by atoms with Crippen LogP contribution < -0.4 is 4.74 Å². The highest BCUT2D eigenvalue weighted by Gasteiger charge is 2.12. The molecular weight excluding hydrogens is 366 g/mol. The molecule has 4 rings (SSSR count). The predicted octanol–water partition coefficient (Wildman–Crippen LogP) is 4.19. The molecule has 2 aromatic carbocycles. The van der Waals surface area contributed by atoms with Crippen LogP contribution in [0.15, 0.2) is 61.1 Å². The molecule has 148 valence electrons. The average molecular weight is 389 g/mol. The van der Waals surface area contributed by atoms with Gasteiger partial charge in [0.15, 0.2) is 0 Å². The third-order valence-electron chi connectivity index (χ3n) is 4.90. The van der Waals surface area contributed by atoms with Crippen LogP contribution in [0.5, 0.6) is 5.75 Å². The van der Waals surface area contributed by atoms with Gasteiger partial charge >= 0.3 is 5.97 Å². The monoisotopic (exact) mass is 389 g/mol. The van der Waals surface area contributed by atoms with E-state index < -0.39 is 0 Å². The minimum absolute atomic E-state index is 0.293. The van der Waals surface area contributed by atoms with Gasteiger partial charge in [-0.1, -0.05) is 12.1 Å². The molecule has 0 fully saturated rings. The third kappa shape index (κ3) is 4.01. The number of aromatic nitrogens is 3. The highest BCUT2D eigenvalue weighted by atomic mass is 16.5. The molecule has 2 aromatic heterocycles. The maximum absolute atomic E-state index is 11.9. The zero-order valence-corrected chi connectivity index (χ0v) is 16.5. The molecule has 0 bridgehead atoms. The number of benzene rings is 2. The van der Waals surface area contributed by atoms with E-state index in [1.165, 1.54) is 5.56 Å². The number of hydrogen-bond donors (Lipinski definition) is 1. The van der Waals surface area contributed by atoms with Gasteiger partial charge in [0.2, 0.25) is 0 Å². The number of ether oxygens (including phenoxy) is 2. The van der Waals surface area contributed by atoms with Crippen molar-refractivity contribution in [3.8, 4) is 5.75 Å². The Kier molecular flexibility index (Phi) is 5.33. The van der Waals surface area contributed by atoms with E-state index in [9.17, 15) is 4.79 Å². The van der Waals surface area contributed by atoms with E-state index in [4.69, 9.17) is 9.47 Å². The van der Waals surface area contributed by atoms with Crippen molar-refractivity contribution >= 4 is 16.9 Å². The Morgan fingerprint density at radius 2 is 2.00 bits per heavy atom. The first-order valence-electron chi connectivity index (χ1n) is 9.58. The summed E-state index contributed by atoms with van der Waals surface area (Å²) >= 11 is 0. The summed E-state index contributed by atoms with van der Waals surface area (Å²) in [4.78, 5) is 19.4. The van der Waals surface area contributed by atoms with Crippen LogP contribution in [-0.2, 0) is 17.7 Å². The van der Waals surface area contributed by atoms with Crippen molar-refractivity contribution < 1.29 is 14.3 Å². The molecule has 0 spiro atoms. The SMILES string of the molecule is CCOC(=O)c1ccc(Cn2cc(Cc3ncc[nH]3)c3cc(OC)ccc32)cc1. The molecule has 6 heteroatoms. The molecule has 1 N–H and O–H groups in total. The number of carbonyl (C=O) groups excluding carboxylic acids is 1. The fourth-order valence-corrected chi connectivity index (χ4v) is 3.48. The summed E-state index contributed by atoms with van der Waals surface area (Å²) in [6, 6.07) is 13.7. The average Bonchev–Trinajstić information content (AvgIpc) is 3.37. The topological polar surface area (TPSA) is 69.1 Å². The lowest BCUT2D eigenvalue weighted by Crippen LogP contribution is -2.05. The Labute approximate surface area is 169 Å². The second-order valence-electron chi connectivity index (χ2n) is 6.80. The Bertz CT molecular complexity index is 1110. The first-order chi connectivity index (χ1) is 14.2. The highest BCUT2D eigenvalue weighted by Crippen LogP contribution is 2.28. The van der Waals surface area contributed by atoms with Gasteiger partial charge in [-0.25, -0.2) is 9.78 Å². The second-order valence-corrected chi connectivity index (χ2v) is 6.80. The molecule has 6 nitrogen and oxygen atoms in total. The van der Waals surface area contributed by atoms with Crippen LogP contribution in [0.4, 0.5) is 0 Å². The normalized spacial score (nSPS) is 11.0. The number of rotatable bonds is 7. The number of fused-ring (bicyclic) bond motifs is 1. The number of aromatic amines is 1. The van der Waals surface area contributed by atoms with Crippen molar-refractivity contribution in [3.63, 3.8) is 0 Å². The van der Waals surface area contributed by atoms with E-state index in [0.717, 1.165) is 28.0 Å². The molecule has 2 heterocycles. The molecule has 0 atom stereocenters. The van der Waals surface area contributed by atoms with Gasteiger partial charge in [-0.05, 0) is 48.4 Å². The van der Waals surface area contributed by atoms with Crippen molar-refractivity contribution in [2.75, 3.05) is 13.7 Å². The number of carbonyl (C=O) groups is 1. The maximum Gasteiger partial charge on any atom is 0.338 e. The van der Waals surface area contributed by atoms with Crippen LogP contribution in [0.3, 0.4) is 0 Å². The largest absolute Gasteiger partial charge is 0.497 e. The molecule has 0 amide bonds. The molecule has 0 aliphatic carbocycles. The first-order valence-corrected chi connectivity index (χ1v) is 9.58. The van der Waals surface area contributed by atoms with Crippen LogP contribution >= 0.6 is 0 Å². The minimum atomic E-state index is -0.293. The van der Waals surface area contributed by atoms with E-state index in [2.05, 4.69) is 32.9 Å². The lowest BCUT2D eigenvalue weighted by atomic mass is 10.1. The predicted molar refractivity (Wildman–Crippen MR) is 111 cm³/mol. The minimum Gasteiger partial charge on any atom is -0.497 e. The van der Waals surface area contributed by atoms with Crippen LogP contribution in [0, 0.1) is 0 Å². The number of H-pyrrole nitrogens is 1. The summed E-state index contributed by atoms with van der Waals surface area (Å²) in [6.07, 6.45) is 6.47. The second kappa shape index (κ2) is 8.22. The summed E-state index contributed by atoms with van der Waals surface area (Å²) in [6.45, 7) is 2.88. The Hall–Kier alpha value is -3.54. The van der Waals surface area contributed by atoms with Gasteiger partial charge in [0.25, 0.3) is 0 Å². The molecule has 4 aromatic rings. The molecular formula is C23H23N3O3. The van der Waals surface area contributed by atoms with Crippen molar-refractivity contribution in [3.05, 3.63) is 83.6 Å². The fraction of sp³-hybridized carbons (Fsp3) is 0.217. The van der Waals surface area contributed by atoms with Crippen molar-refractivity contribution in [2.45, 2.75) is 19.9 Å². The van der Waals surface area contributed by atoms with E-state index in [-0.39, 0.29) is 5.97 Å². The molecule has 0 aliphatic heterocycles. The van der Waals surface area contributed by atoms with Crippen molar-refractivity contribution in [1.82, 2.24) is 14.5 Å². The maximum atomic E-state index is 11.9. The van der Waals surface area contributed by atoms with E-state index in [1.54, 1.807) is 20.2 Å². The quantitative estimate of drug-likeness (QED) is 0.481. The molecule has 0 saturated carbocycles. The van der Waals surface area contributed by atoms with Crippen molar-refractivity contribution in [2.24, 2.45) is 0 Å². The number of hydrogen-bond acceptors (Lipinski definition) is 4. The molecule has 0 aliphatic rings. The summed E-state index contributed by atoms with van der Waals surface area (Å²) in [5, 5.41) is 1.14. The Balaban J connectivity index is 1.65. The van der Waals surface area contributed by atoms with E-state index in [0.29, 0.717) is 25.1 Å². The molecule has 29 heavy (non-hydrogen) atoms. The van der Waals surface area contributed by atoms with Gasteiger partial charge in [-0.15, -0.1) is 0 Å². The van der Waals surface area contributed by atoms with Crippen molar-refractivity contribution in [1.29, 1.82) is 0 Å². The van der Waals surface area contributed by atoms with Crippen LogP contribution in [0.25, 0.3) is 10.9 Å². The van der Waals surface area contributed by atoms with Gasteiger partial charge in [0, 0.05) is 42.5 Å². The van der Waals surface area contributed by atoms with Crippen LogP contribution in [0.2, 0.25) is 0 Å². The third-order valence-corrected chi connectivity index (χ3v) is 4.90. The fourth-order valence-electron chi connectivity index (χ4n) is 3.48. The summed E-state index contributed by atoms with van der Waals surface area (Å²) in [7, 11) is 1.68. The van der Waals surface area contributed by atoms with Gasteiger partial charge in [0.1, 0.15) is 11.6 Å². The highest BCUT2D eigenvalue weighted by molar-refractivity contribution is 5.89. The smallest absolute Gasteiger partial charge is 0.338 e. The number of methoxy groups -OCH3 is 1. The Morgan fingerprint density at radius 3 is 2.69 bits per heavy atom. The summed E-state index contributed by atoms with van der Waals surface area (Å²) < 4.78 is 12.7. The molecule has 0 saturated heterocycles. The summed E-state index contributed by atoms with van der Waals surface area (Å²) in [5.41, 5.74) is 3.98. The first kappa shape index (κ1) is 18.8. The number of esters is 1. The number of nitrogens with zero attached hydrogens (tertiary/aromatic N) is 2. The standard InChI is InChI=1S/C23H23N3O3/c1-3-29-23(27)17-6-4-16(5-7-17)14-26-15-18(12-22-24-10-11-25-22)20-13-19(28-2)8-9-21(20)26/h4-11,13,15H,3,12,14H2,1-2H3,(H,24,25). The van der Waals surface area contributed by atoms with Gasteiger partial charge in [-0.2, -0.15) is 0 Å². The lowest BCUT2D eigenvalue weighted by molar-refractivity contribution is 0.0526. The van der Waals surface area contributed by atoms with Gasteiger partial charge < -0.3 is 19.0 Å².